The third-order valence-electron chi connectivity index (χ3n) is 2.70. The summed E-state index contributed by atoms with van der Waals surface area (Å²) in [5.41, 5.74) is 0.649. The van der Waals surface area contributed by atoms with Crippen molar-refractivity contribution in [2.75, 3.05) is 7.11 Å². The van der Waals surface area contributed by atoms with Gasteiger partial charge in [0.25, 0.3) is 0 Å². The number of carbonyl (C=O) groups is 2. The van der Waals surface area contributed by atoms with E-state index in [1.165, 1.54) is 19.4 Å². The molecule has 0 radical (unpaired) electrons. The molecule has 3 N–H and O–H groups in total. The van der Waals surface area contributed by atoms with E-state index in [0.29, 0.717) is 11.3 Å². The number of phenolic OH excluding ortho intramolecular Hbond substituents is 1. The van der Waals surface area contributed by atoms with Crippen LogP contribution in [-0.2, 0) is 9.59 Å². The summed E-state index contributed by atoms with van der Waals surface area (Å²) in [6.07, 6.45) is 1.15. The number of aromatic hydroxyl groups is 1. The number of carbonyl (C=O) groups excluding carboxylic acids is 1. The lowest BCUT2D eigenvalue weighted by molar-refractivity contribution is -0.138. The molecule has 1 aromatic rings. The van der Waals surface area contributed by atoms with Gasteiger partial charge in [0.05, 0.1) is 19.7 Å². The van der Waals surface area contributed by atoms with Crippen LogP contribution in [0.3, 0.4) is 0 Å². The number of ether oxygens (including phenoxy) is 1. The zero-order chi connectivity index (χ0) is 16.1. The molecule has 22 heavy (non-hydrogen) atoms. The van der Waals surface area contributed by atoms with Gasteiger partial charge in [-0.1, -0.05) is 11.8 Å². The number of rotatable bonds is 5. The van der Waals surface area contributed by atoms with E-state index < -0.39 is 17.1 Å². The van der Waals surface area contributed by atoms with E-state index in [9.17, 15) is 14.7 Å². The monoisotopic (exact) mass is 323 g/mol. The van der Waals surface area contributed by atoms with Crippen LogP contribution in [0.1, 0.15) is 12.0 Å². The van der Waals surface area contributed by atoms with Crippen LogP contribution >= 0.6 is 11.8 Å². The van der Waals surface area contributed by atoms with Gasteiger partial charge in [0.1, 0.15) is 5.25 Å². The highest BCUT2D eigenvalue weighted by molar-refractivity contribution is 8.15. The molecule has 1 fully saturated rings. The molecule has 1 saturated heterocycles. The Morgan fingerprint density at radius 2 is 2.32 bits per heavy atom. The molecule has 0 saturated carbocycles. The molecule has 0 spiro atoms. The Balaban J connectivity index is 2.03. The summed E-state index contributed by atoms with van der Waals surface area (Å²) in [7, 11) is 1.43. The second kappa shape index (κ2) is 6.94. The van der Waals surface area contributed by atoms with Crippen molar-refractivity contribution < 1.29 is 24.5 Å². The second-order valence-corrected chi connectivity index (χ2v) is 5.47. The van der Waals surface area contributed by atoms with Gasteiger partial charge in [-0.3, -0.25) is 9.59 Å². The van der Waals surface area contributed by atoms with Gasteiger partial charge < -0.3 is 20.3 Å². The summed E-state index contributed by atoms with van der Waals surface area (Å²) in [5.74, 6) is -1.12. The fourth-order valence-corrected chi connectivity index (χ4v) is 2.58. The van der Waals surface area contributed by atoms with E-state index in [4.69, 9.17) is 9.84 Å². The van der Waals surface area contributed by atoms with Crippen LogP contribution in [0.25, 0.3) is 0 Å². The van der Waals surface area contributed by atoms with Gasteiger partial charge in [-0.2, -0.15) is 5.10 Å². The van der Waals surface area contributed by atoms with Gasteiger partial charge in [-0.05, 0) is 23.8 Å². The lowest BCUT2D eigenvalue weighted by Crippen LogP contribution is -2.26. The van der Waals surface area contributed by atoms with E-state index in [1.807, 2.05) is 0 Å². The fourth-order valence-electron chi connectivity index (χ4n) is 1.67. The number of amidine groups is 1. The van der Waals surface area contributed by atoms with E-state index in [1.54, 1.807) is 12.1 Å². The normalized spacial score (nSPS) is 19.6. The van der Waals surface area contributed by atoms with Crippen LogP contribution in [0.5, 0.6) is 11.5 Å². The summed E-state index contributed by atoms with van der Waals surface area (Å²) in [5, 5.41) is 27.8. The predicted octanol–water partition coefficient (Wildman–Crippen LogP) is 0.797. The Hall–Kier alpha value is -2.55. The average molecular weight is 323 g/mol. The minimum Gasteiger partial charge on any atom is -0.504 e. The SMILES string of the molecule is COc1cc(/C=N\N=C2\NC(=O)[C@@H](CC(=O)O)S2)ccc1O. The van der Waals surface area contributed by atoms with Crippen molar-refractivity contribution in [3.63, 3.8) is 0 Å². The Labute approximate surface area is 129 Å². The molecular weight excluding hydrogens is 310 g/mol. The molecule has 2 rings (SSSR count). The number of thioether (sulfide) groups is 1. The number of methoxy groups -OCH3 is 1. The van der Waals surface area contributed by atoms with E-state index >= 15 is 0 Å². The Kier molecular flexibility index (Phi) is 4.99. The van der Waals surface area contributed by atoms with Crippen molar-refractivity contribution in [2.45, 2.75) is 11.7 Å². The van der Waals surface area contributed by atoms with Gasteiger partial charge in [0, 0.05) is 0 Å². The molecule has 0 unspecified atom stereocenters. The summed E-state index contributed by atoms with van der Waals surface area (Å²) in [6, 6.07) is 4.66. The number of amides is 1. The third-order valence-corrected chi connectivity index (χ3v) is 3.77. The maximum atomic E-state index is 11.5. The fraction of sp³-hybridized carbons (Fsp3) is 0.231. The lowest BCUT2D eigenvalue weighted by atomic mass is 10.2. The first-order valence-electron chi connectivity index (χ1n) is 6.17. The van der Waals surface area contributed by atoms with Gasteiger partial charge in [-0.25, -0.2) is 0 Å². The Bertz CT molecular complexity index is 659. The highest BCUT2D eigenvalue weighted by Crippen LogP contribution is 2.25. The first kappa shape index (κ1) is 15.8. The molecule has 0 aromatic heterocycles. The van der Waals surface area contributed by atoms with Gasteiger partial charge in [-0.15, -0.1) is 5.10 Å². The molecule has 116 valence electrons. The Morgan fingerprint density at radius 1 is 1.55 bits per heavy atom. The molecule has 9 heteroatoms. The minimum absolute atomic E-state index is 0.0149. The number of nitrogens with one attached hydrogen (secondary N) is 1. The van der Waals surface area contributed by atoms with Crippen molar-refractivity contribution in [3.8, 4) is 11.5 Å². The Morgan fingerprint density at radius 3 is 3.00 bits per heavy atom. The summed E-state index contributed by atoms with van der Waals surface area (Å²) in [4.78, 5) is 22.1. The highest BCUT2D eigenvalue weighted by atomic mass is 32.2. The van der Waals surface area contributed by atoms with Crippen molar-refractivity contribution in [2.24, 2.45) is 10.2 Å². The van der Waals surface area contributed by atoms with Crippen molar-refractivity contribution in [1.82, 2.24) is 5.32 Å². The minimum atomic E-state index is -1.05. The molecule has 1 aliphatic rings. The average Bonchev–Trinajstić information content (AvgIpc) is 2.80. The molecule has 1 aliphatic heterocycles. The number of carboxylic acids is 1. The van der Waals surface area contributed by atoms with Crippen molar-refractivity contribution in [1.29, 1.82) is 0 Å². The highest BCUT2D eigenvalue weighted by Gasteiger charge is 2.32. The summed E-state index contributed by atoms with van der Waals surface area (Å²) < 4.78 is 4.97. The van der Waals surface area contributed by atoms with Crippen molar-refractivity contribution >= 4 is 35.0 Å². The number of nitrogens with zero attached hydrogens (tertiary/aromatic N) is 2. The molecule has 1 heterocycles. The summed E-state index contributed by atoms with van der Waals surface area (Å²) >= 11 is 1.02. The van der Waals surface area contributed by atoms with Gasteiger partial charge in [0.15, 0.2) is 16.7 Å². The van der Waals surface area contributed by atoms with Crippen LogP contribution in [0.15, 0.2) is 28.4 Å². The number of aliphatic carboxylic acids is 1. The maximum absolute atomic E-state index is 11.5. The van der Waals surface area contributed by atoms with Gasteiger partial charge >= 0.3 is 5.97 Å². The van der Waals surface area contributed by atoms with E-state index in [2.05, 4.69) is 15.5 Å². The van der Waals surface area contributed by atoms with E-state index in [-0.39, 0.29) is 17.3 Å². The smallest absolute Gasteiger partial charge is 0.305 e. The number of benzene rings is 1. The maximum Gasteiger partial charge on any atom is 0.305 e. The quantitative estimate of drug-likeness (QED) is 0.544. The van der Waals surface area contributed by atoms with Crippen LogP contribution in [0.4, 0.5) is 0 Å². The molecular formula is C13H13N3O5S. The number of phenols is 1. The number of hydrogen-bond donors (Lipinski definition) is 3. The molecule has 1 amide bonds. The number of carboxylic acid groups (broad SMARTS) is 1. The van der Waals surface area contributed by atoms with Crippen LogP contribution in [0, 0.1) is 0 Å². The van der Waals surface area contributed by atoms with Crippen LogP contribution in [-0.4, -0.2) is 45.8 Å². The van der Waals surface area contributed by atoms with Crippen LogP contribution < -0.4 is 10.1 Å². The lowest BCUT2D eigenvalue weighted by Gasteiger charge is -2.02. The first-order valence-corrected chi connectivity index (χ1v) is 7.05. The van der Waals surface area contributed by atoms with Gasteiger partial charge in [0.2, 0.25) is 5.91 Å². The number of hydrogen-bond acceptors (Lipinski definition) is 7. The molecule has 0 bridgehead atoms. The standard InChI is InChI=1S/C13H13N3O5S/c1-21-9-4-7(2-3-8(9)17)6-14-16-13-15-12(20)10(22-13)5-11(18)19/h2-4,6,10,17H,5H2,1H3,(H,18,19)(H,15,16,20)/b14-6-/t10-/m1/s1. The molecule has 8 nitrogen and oxygen atoms in total. The molecule has 0 aliphatic carbocycles. The predicted molar refractivity (Wildman–Crippen MR) is 81.5 cm³/mol. The summed E-state index contributed by atoms with van der Waals surface area (Å²) in [6.45, 7) is 0. The van der Waals surface area contributed by atoms with Crippen LogP contribution in [0.2, 0.25) is 0 Å². The topological polar surface area (TPSA) is 121 Å². The van der Waals surface area contributed by atoms with E-state index in [0.717, 1.165) is 11.8 Å². The van der Waals surface area contributed by atoms with Crippen molar-refractivity contribution in [3.05, 3.63) is 23.8 Å². The first-order chi connectivity index (χ1) is 10.5. The molecule has 1 aromatic carbocycles. The third kappa shape index (κ3) is 3.98. The zero-order valence-corrected chi connectivity index (χ0v) is 12.3. The zero-order valence-electron chi connectivity index (χ0n) is 11.5. The molecule has 1 atom stereocenters. The second-order valence-electron chi connectivity index (χ2n) is 4.27. The largest absolute Gasteiger partial charge is 0.504 e.